The van der Waals surface area contributed by atoms with Crippen molar-refractivity contribution < 1.29 is 61.7 Å². The van der Waals surface area contributed by atoms with Crippen LogP contribution in [0.2, 0.25) is 0 Å². The molecule has 0 aromatic heterocycles. The van der Waals surface area contributed by atoms with E-state index in [1.54, 1.807) is 46.8 Å². The highest BCUT2D eigenvalue weighted by molar-refractivity contribution is 7.90. The molecule has 16 nitrogen and oxygen atoms in total. The summed E-state index contributed by atoms with van der Waals surface area (Å²) in [5, 5.41) is 34.1. The number of nitrogens with one attached hydrogen (secondary N) is 1. The summed E-state index contributed by atoms with van der Waals surface area (Å²) in [6.07, 6.45) is -4.11. The number of aryl methyl sites for hydroxylation is 1. The predicted molar refractivity (Wildman–Crippen MR) is 214 cm³/mol. The van der Waals surface area contributed by atoms with Gasteiger partial charge in [-0.2, -0.15) is 0 Å². The predicted octanol–water partition coefficient (Wildman–Crippen LogP) is 3.47. The number of rotatable bonds is 9. The Labute approximate surface area is 344 Å². The molecule has 4 rings (SSSR count). The molecule has 0 spiro atoms. The Morgan fingerprint density at radius 2 is 1.76 bits per heavy atom. The van der Waals surface area contributed by atoms with Gasteiger partial charge in [-0.25, -0.2) is 17.9 Å². The number of benzene rings is 1. The van der Waals surface area contributed by atoms with E-state index in [1.165, 1.54) is 26.2 Å². The number of sulfonamides is 1. The van der Waals surface area contributed by atoms with Gasteiger partial charge in [0.15, 0.2) is 12.6 Å². The van der Waals surface area contributed by atoms with Crippen molar-refractivity contribution >= 4 is 22.0 Å². The molecular weight excluding hydrogens is 775 g/mol. The van der Waals surface area contributed by atoms with Crippen LogP contribution in [0.25, 0.3) is 0 Å². The van der Waals surface area contributed by atoms with Crippen molar-refractivity contribution in [1.29, 1.82) is 0 Å². The van der Waals surface area contributed by atoms with E-state index in [2.05, 4.69) is 9.62 Å². The van der Waals surface area contributed by atoms with Crippen LogP contribution < -0.4 is 4.72 Å². The van der Waals surface area contributed by atoms with Crippen LogP contribution in [0, 0.1) is 12.8 Å². The molecule has 0 unspecified atom stereocenters. The third kappa shape index (κ3) is 12.3. The molecular formula is C41H69N3O13S. The van der Waals surface area contributed by atoms with Crippen LogP contribution in [0.3, 0.4) is 0 Å². The molecule has 0 aliphatic carbocycles. The average molecular weight is 844 g/mol. The van der Waals surface area contributed by atoms with Crippen molar-refractivity contribution in [3.63, 3.8) is 0 Å². The van der Waals surface area contributed by atoms with Crippen molar-refractivity contribution in [2.75, 3.05) is 34.3 Å². The normalized spacial score (nSPS) is 37.7. The fourth-order valence-electron chi connectivity index (χ4n) is 8.06. The number of cyclic esters (lactones) is 1. The molecule has 0 bridgehead atoms. The molecule has 4 N–H and O–H groups in total. The first-order valence-corrected chi connectivity index (χ1v) is 22.1. The zero-order valence-electron chi connectivity index (χ0n) is 36.0. The molecule has 3 fully saturated rings. The number of carbonyl (C=O) groups excluding carboxylic acids is 2. The number of hydrogen-bond acceptors (Lipinski definition) is 14. The maximum absolute atomic E-state index is 14.1. The highest BCUT2D eigenvalue weighted by Crippen LogP contribution is 2.36. The number of aliphatic hydroxyl groups excluding tert-OH is 2. The molecule has 332 valence electrons. The van der Waals surface area contributed by atoms with Gasteiger partial charge in [0, 0.05) is 39.0 Å². The molecule has 3 aliphatic rings. The Hall–Kier alpha value is -2.45. The number of urea groups is 1. The summed E-state index contributed by atoms with van der Waals surface area (Å²) in [6.45, 7) is 11.5. The van der Waals surface area contributed by atoms with Gasteiger partial charge in [0.2, 0.25) is 0 Å². The molecule has 3 aliphatic heterocycles. The van der Waals surface area contributed by atoms with Crippen LogP contribution in [0.4, 0.5) is 4.79 Å². The first-order valence-electron chi connectivity index (χ1n) is 20.6. The minimum atomic E-state index is -4.28. The van der Waals surface area contributed by atoms with E-state index in [-0.39, 0.29) is 42.8 Å². The summed E-state index contributed by atoms with van der Waals surface area (Å²) in [5.41, 5.74) is -2.36. The van der Waals surface area contributed by atoms with Crippen molar-refractivity contribution in [2.24, 2.45) is 5.92 Å². The van der Waals surface area contributed by atoms with Crippen molar-refractivity contribution in [3.05, 3.63) is 29.8 Å². The molecule has 58 heavy (non-hydrogen) atoms. The Kier molecular flexibility index (Phi) is 17.0. The molecule has 1 aromatic rings. The number of hydrogen-bond donors (Lipinski definition) is 4. The van der Waals surface area contributed by atoms with E-state index in [0.29, 0.717) is 31.2 Å². The summed E-state index contributed by atoms with van der Waals surface area (Å²) in [4.78, 5) is 31.0. The molecule has 3 heterocycles. The van der Waals surface area contributed by atoms with Crippen molar-refractivity contribution in [2.45, 2.75) is 177 Å². The standard InChI is InChI=1S/C41H69N3O13S/c1-11-34-41(7,49)33(45)24-44(39(48)42-58(50,51)31-17-14-15-25(2)19-31)18-13-12-16-30(55-35-21-29(43(8)9)20-26(3)53-35)22-32(27(4)38(47)57-34)56-36-23-40(6,52-10)37(46)28(5)54-36/h14-15,17,19,26-30,32-37,45-46,49H,11-13,16,18,20-24H2,1-10H3,(H,42,48)/t26-,27-,28+,29-,30+,32+,33-,34-,35+,36-,37+,40-,41+/m1/s1. The third-order valence-corrected chi connectivity index (χ3v) is 13.4. The lowest BCUT2D eigenvalue weighted by atomic mass is 9.88. The van der Waals surface area contributed by atoms with Gasteiger partial charge in [-0.05, 0) is 105 Å². The lowest BCUT2D eigenvalue weighted by Crippen LogP contribution is -2.58. The van der Waals surface area contributed by atoms with E-state index in [1.807, 2.05) is 21.0 Å². The maximum atomic E-state index is 14.1. The molecule has 13 atom stereocenters. The monoisotopic (exact) mass is 843 g/mol. The average Bonchev–Trinajstić information content (AvgIpc) is 3.15. The van der Waals surface area contributed by atoms with Crippen LogP contribution in [0.1, 0.15) is 98.5 Å². The molecule has 3 saturated heterocycles. The number of carbonyl (C=O) groups is 2. The van der Waals surface area contributed by atoms with Crippen LogP contribution in [0.15, 0.2) is 29.2 Å². The largest absolute Gasteiger partial charge is 0.459 e. The molecule has 2 amide bonds. The molecule has 0 radical (unpaired) electrons. The molecule has 1 aromatic carbocycles. The summed E-state index contributed by atoms with van der Waals surface area (Å²) >= 11 is 0. The topological polar surface area (TPSA) is 203 Å². The van der Waals surface area contributed by atoms with Crippen LogP contribution >= 0.6 is 0 Å². The smallest absolute Gasteiger partial charge is 0.331 e. The van der Waals surface area contributed by atoms with E-state index >= 15 is 0 Å². The maximum Gasteiger partial charge on any atom is 0.331 e. The number of amides is 2. The van der Waals surface area contributed by atoms with Gasteiger partial charge in [-0.1, -0.05) is 19.1 Å². The van der Waals surface area contributed by atoms with Gasteiger partial charge < -0.3 is 53.5 Å². The second-order valence-electron chi connectivity index (χ2n) is 17.1. The lowest BCUT2D eigenvalue weighted by Gasteiger charge is -2.45. The number of aliphatic hydroxyl groups is 3. The summed E-state index contributed by atoms with van der Waals surface area (Å²) in [7, 11) is 1.26. The molecule has 0 saturated carbocycles. The Morgan fingerprint density at radius 1 is 1.05 bits per heavy atom. The van der Waals surface area contributed by atoms with Gasteiger partial charge >= 0.3 is 12.0 Å². The van der Waals surface area contributed by atoms with Gasteiger partial charge in [0.25, 0.3) is 10.0 Å². The number of methoxy groups -OCH3 is 1. The fraction of sp³-hybridized carbons (Fsp3) is 0.805. The molecule has 17 heteroatoms. The second-order valence-corrected chi connectivity index (χ2v) is 18.8. The quantitative estimate of drug-likeness (QED) is 0.263. The number of ether oxygens (including phenoxy) is 6. The van der Waals surface area contributed by atoms with E-state index < -0.39 is 94.9 Å². The van der Waals surface area contributed by atoms with Gasteiger partial charge in [-0.15, -0.1) is 0 Å². The summed E-state index contributed by atoms with van der Waals surface area (Å²) in [6, 6.07) is 5.36. The highest BCUT2D eigenvalue weighted by atomic mass is 32.2. The van der Waals surface area contributed by atoms with Gasteiger partial charge in [0.05, 0.1) is 47.4 Å². The Bertz CT molecular complexity index is 1610. The Balaban J connectivity index is 1.68. The van der Waals surface area contributed by atoms with Crippen LogP contribution in [-0.2, 0) is 43.2 Å². The first-order chi connectivity index (χ1) is 27.1. The SMILES string of the molecule is CC[C@H]1OC(=O)[C@H](C)[C@@H](O[C@@H]2C[C@@](C)(OC)[C@@H](O)[C@H](C)O2)C[C@@H](O[C@H]2C[C@H](N(C)C)C[C@@H](C)O2)CCCCN(C(=O)NS(=O)(=O)c2cccc(C)c2)C[C@@H](O)[C@]1(C)O. The van der Waals surface area contributed by atoms with E-state index in [4.69, 9.17) is 28.4 Å². The van der Waals surface area contributed by atoms with E-state index in [0.717, 1.165) is 11.3 Å². The second kappa shape index (κ2) is 20.4. The van der Waals surface area contributed by atoms with Crippen LogP contribution in [0.5, 0.6) is 0 Å². The highest BCUT2D eigenvalue weighted by Gasteiger charge is 2.48. The summed E-state index contributed by atoms with van der Waals surface area (Å²) in [5.74, 6) is -1.63. The number of β-amino-alcohol motifs (C(OH)–C–C–N with tert-alkyl or cyclic N) is 1. The Morgan fingerprint density at radius 3 is 2.40 bits per heavy atom. The van der Waals surface area contributed by atoms with E-state index in [9.17, 15) is 33.3 Å². The minimum Gasteiger partial charge on any atom is -0.459 e. The fourth-order valence-corrected chi connectivity index (χ4v) is 9.13. The van der Waals surface area contributed by atoms with Gasteiger partial charge in [-0.3, -0.25) is 4.79 Å². The summed E-state index contributed by atoms with van der Waals surface area (Å²) < 4.78 is 66.1. The van der Waals surface area contributed by atoms with Crippen molar-refractivity contribution in [3.8, 4) is 0 Å². The van der Waals surface area contributed by atoms with Crippen molar-refractivity contribution in [1.82, 2.24) is 14.5 Å². The zero-order valence-corrected chi connectivity index (χ0v) is 36.8. The van der Waals surface area contributed by atoms with Crippen LogP contribution in [-0.4, -0.2) is 152 Å². The number of esters is 1. The number of nitrogens with zero attached hydrogens (tertiary/aromatic N) is 2. The third-order valence-electron chi connectivity index (χ3n) is 12.1. The minimum absolute atomic E-state index is 0.0212. The lowest BCUT2D eigenvalue weighted by molar-refractivity contribution is -0.295. The zero-order chi connectivity index (χ0) is 43.2. The first kappa shape index (κ1) is 48.2. The van der Waals surface area contributed by atoms with Gasteiger partial charge in [0.1, 0.15) is 23.9 Å².